The number of nitrogens with zero attached hydrogens (tertiary/aromatic N) is 2. The van der Waals surface area contributed by atoms with Crippen LogP contribution in [0.2, 0.25) is 0 Å². The Hall–Kier alpha value is -4.46. The van der Waals surface area contributed by atoms with Crippen molar-refractivity contribution in [3.05, 3.63) is 94.1 Å². The van der Waals surface area contributed by atoms with E-state index in [0.717, 1.165) is 50.7 Å². The highest BCUT2D eigenvalue weighted by atomic mass is 16.6. The van der Waals surface area contributed by atoms with Crippen molar-refractivity contribution in [2.24, 2.45) is 9.98 Å². The molecule has 40 heavy (non-hydrogen) atoms. The van der Waals surface area contributed by atoms with Gasteiger partial charge in [-0.2, -0.15) is 0 Å². The lowest BCUT2D eigenvalue weighted by molar-refractivity contribution is -0.133. The van der Waals surface area contributed by atoms with Crippen LogP contribution in [0, 0.1) is 0 Å². The van der Waals surface area contributed by atoms with Crippen molar-refractivity contribution >= 4 is 36.1 Å². The minimum Gasteiger partial charge on any atom is -0.389 e. The number of esters is 2. The third kappa shape index (κ3) is 6.39. The Kier molecular flexibility index (Phi) is 7.57. The van der Waals surface area contributed by atoms with Gasteiger partial charge in [-0.1, -0.05) is 71.8 Å². The molecule has 0 saturated heterocycles. The van der Waals surface area contributed by atoms with E-state index in [1.807, 2.05) is 0 Å². The number of benzene rings is 2. The summed E-state index contributed by atoms with van der Waals surface area (Å²) in [5.74, 6) is -1.39. The molecule has 0 aromatic heterocycles. The van der Waals surface area contributed by atoms with Crippen LogP contribution in [0.1, 0.15) is 47.9 Å². The van der Waals surface area contributed by atoms with Crippen LogP contribution >= 0.6 is 0 Å². The van der Waals surface area contributed by atoms with Crippen molar-refractivity contribution < 1.29 is 19.1 Å². The normalized spacial score (nSPS) is 21.2. The fraction of sp³-hybridized carbons (Fsp3) is 0.312. The standard InChI is InChI=1S/C32H32N4O4/c37-29(39-31-33-19-27(35-31)17-21-9-11-23-5-1-3-7-25(23)15-21)13-14-30(38)40-32-34-20-28(36-32)18-22-10-12-24-6-2-4-8-26(24)16-22/h1-8,13-16,27-28H,9-12,17-20H2,(H,33,35)(H,34,36)/b14-13+/t27-,28-/m1/s1. The van der Waals surface area contributed by atoms with Gasteiger partial charge in [0.05, 0.1) is 25.2 Å². The third-order valence-corrected chi connectivity index (χ3v) is 7.59. The van der Waals surface area contributed by atoms with Gasteiger partial charge in [0.2, 0.25) is 0 Å². The number of carbonyl (C=O) groups excluding carboxylic acids is 2. The molecule has 2 heterocycles. The van der Waals surface area contributed by atoms with Crippen LogP contribution in [0.3, 0.4) is 0 Å². The second-order valence-corrected chi connectivity index (χ2v) is 10.6. The molecule has 2 aliphatic heterocycles. The SMILES string of the molecule is O=C(/C=C/C(=O)OC1=NC[C@@H](CC2=Cc3ccccc3CC2)N1)OC1=NC[C@@H](CC2=Cc3ccccc3CC2)N1. The number of carbonyl (C=O) groups is 2. The molecule has 0 fully saturated rings. The van der Waals surface area contributed by atoms with E-state index in [9.17, 15) is 9.59 Å². The largest absolute Gasteiger partial charge is 0.389 e. The van der Waals surface area contributed by atoms with Gasteiger partial charge in [0, 0.05) is 12.2 Å². The molecule has 0 unspecified atom stereocenters. The maximum Gasteiger partial charge on any atom is 0.338 e. The Morgan fingerprint density at radius 2 is 1.15 bits per heavy atom. The molecule has 0 saturated carbocycles. The first kappa shape index (κ1) is 25.8. The molecule has 0 bridgehead atoms. The fourth-order valence-corrected chi connectivity index (χ4v) is 5.60. The molecule has 0 amide bonds. The molecule has 8 heteroatoms. The molecular weight excluding hydrogens is 504 g/mol. The smallest absolute Gasteiger partial charge is 0.338 e. The van der Waals surface area contributed by atoms with Gasteiger partial charge in [0.25, 0.3) is 12.0 Å². The second-order valence-electron chi connectivity index (χ2n) is 10.6. The molecule has 2 aliphatic carbocycles. The lowest BCUT2D eigenvalue weighted by Gasteiger charge is -2.19. The van der Waals surface area contributed by atoms with Crippen LogP contribution in [0.15, 0.2) is 81.8 Å². The topological polar surface area (TPSA) is 101 Å². The number of ether oxygens (including phenoxy) is 2. The molecule has 4 aliphatic rings. The molecule has 2 aromatic carbocycles. The zero-order valence-electron chi connectivity index (χ0n) is 22.3. The molecular formula is C32H32N4O4. The highest BCUT2D eigenvalue weighted by Crippen LogP contribution is 2.28. The molecule has 2 atom stereocenters. The quantitative estimate of drug-likeness (QED) is 0.426. The van der Waals surface area contributed by atoms with E-state index in [1.165, 1.54) is 33.4 Å². The predicted octanol–water partition coefficient (Wildman–Crippen LogP) is 4.12. The second kappa shape index (κ2) is 11.7. The first-order valence-electron chi connectivity index (χ1n) is 13.9. The van der Waals surface area contributed by atoms with Gasteiger partial charge in [-0.25, -0.2) is 19.6 Å². The zero-order valence-corrected chi connectivity index (χ0v) is 22.3. The summed E-state index contributed by atoms with van der Waals surface area (Å²) in [5, 5.41) is 6.33. The summed E-state index contributed by atoms with van der Waals surface area (Å²) in [5.41, 5.74) is 8.00. The summed E-state index contributed by atoms with van der Waals surface area (Å²) in [6.07, 6.45) is 12.3. The average molecular weight is 537 g/mol. The number of aliphatic imine (C=N–C) groups is 2. The molecule has 6 rings (SSSR count). The van der Waals surface area contributed by atoms with E-state index in [2.05, 4.69) is 81.3 Å². The Balaban J connectivity index is 0.913. The number of nitrogens with one attached hydrogen (secondary N) is 2. The summed E-state index contributed by atoms with van der Waals surface area (Å²) < 4.78 is 10.5. The van der Waals surface area contributed by atoms with E-state index in [4.69, 9.17) is 9.47 Å². The Morgan fingerprint density at radius 3 is 1.62 bits per heavy atom. The van der Waals surface area contributed by atoms with Gasteiger partial charge in [-0.3, -0.25) is 0 Å². The molecule has 0 radical (unpaired) electrons. The number of hydrogen-bond donors (Lipinski definition) is 2. The van der Waals surface area contributed by atoms with Crippen molar-refractivity contribution in [1.82, 2.24) is 10.6 Å². The predicted molar refractivity (Wildman–Crippen MR) is 154 cm³/mol. The Labute approximate surface area is 233 Å². The Bertz CT molecular complexity index is 1360. The number of aryl methyl sites for hydroxylation is 2. The molecule has 8 nitrogen and oxygen atoms in total. The van der Waals surface area contributed by atoms with Gasteiger partial charge in [-0.15, -0.1) is 0 Å². The lowest BCUT2D eigenvalue weighted by Crippen LogP contribution is -2.33. The van der Waals surface area contributed by atoms with Crippen LogP contribution < -0.4 is 10.6 Å². The highest BCUT2D eigenvalue weighted by molar-refractivity contribution is 6.00. The summed E-state index contributed by atoms with van der Waals surface area (Å²) >= 11 is 0. The van der Waals surface area contributed by atoms with Gasteiger partial charge in [0.15, 0.2) is 0 Å². The van der Waals surface area contributed by atoms with E-state index >= 15 is 0 Å². The van der Waals surface area contributed by atoms with Crippen molar-refractivity contribution in [2.75, 3.05) is 13.1 Å². The molecule has 204 valence electrons. The summed E-state index contributed by atoms with van der Waals surface area (Å²) in [6.45, 7) is 1.06. The number of rotatable bonds is 6. The summed E-state index contributed by atoms with van der Waals surface area (Å²) in [6, 6.07) is 17.4. The fourth-order valence-electron chi connectivity index (χ4n) is 5.60. The van der Waals surface area contributed by atoms with Gasteiger partial charge in [0.1, 0.15) is 0 Å². The van der Waals surface area contributed by atoms with E-state index in [-0.39, 0.29) is 24.1 Å². The summed E-state index contributed by atoms with van der Waals surface area (Å²) in [4.78, 5) is 33.1. The van der Waals surface area contributed by atoms with E-state index in [1.54, 1.807) is 0 Å². The minimum absolute atomic E-state index is 0.0757. The van der Waals surface area contributed by atoms with Crippen LogP contribution in [0.25, 0.3) is 12.2 Å². The first-order chi connectivity index (χ1) is 19.6. The monoisotopic (exact) mass is 536 g/mol. The first-order valence-corrected chi connectivity index (χ1v) is 13.9. The Morgan fingerprint density at radius 1 is 0.700 bits per heavy atom. The molecule has 2 aromatic rings. The van der Waals surface area contributed by atoms with Crippen molar-refractivity contribution in [2.45, 2.75) is 50.6 Å². The van der Waals surface area contributed by atoms with Crippen LogP contribution in [-0.4, -0.2) is 49.2 Å². The number of hydrogen-bond acceptors (Lipinski definition) is 8. The molecule has 0 spiro atoms. The highest BCUT2D eigenvalue weighted by Gasteiger charge is 2.24. The van der Waals surface area contributed by atoms with E-state index < -0.39 is 11.9 Å². The minimum atomic E-state index is -0.696. The van der Waals surface area contributed by atoms with Gasteiger partial charge < -0.3 is 20.1 Å². The maximum atomic E-state index is 12.2. The number of amidine groups is 2. The van der Waals surface area contributed by atoms with Crippen molar-refractivity contribution in [3.8, 4) is 0 Å². The number of fused-ring (bicyclic) bond motifs is 2. The average Bonchev–Trinajstić information content (AvgIpc) is 3.60. The van der Waals surface area contributed by atoms with Gasteiger partial charge >= 0.3 is 11.9 Å². The maximum absolute atomic E-state index is 12.2. The third-order valence-electron chi connectivity index (χ3n) is 7.59. The van der Waals surface area contributed by atoms with Crippen molar-refractivity contribution in [3.63, 3.8) is 0 Å². The molecule has 2 N–H and O–H groups in total. The zero-order chi connectivity index (χ0) is 27.3. The van der Waals surface area contributed by atoms with Crippen LogP contribution in [0.4, 0.5) is 0 Å². The lowest BCUT2D eigenvalue weighted by atomic mass is 9.89. The van der Waals surface area contributed by atoms with Crippen molar-refractivity contribution in [1.29, 1.82) is 0 Å². The summed E-state index contributed by atoms with van der Waals surface area (Å²) in [7, 11) is 0. The van der Waals surface area contributed by atoms with Crippen LogP contribution in [-0.2, 0) is 31.9 Å². The van der Waals surface area contributed by atoms with Crippen LogP contribution in [0.5, 0.6) is 0 Å². The van der Waals surface area contributed by atoms with Gasteiger partial charge in [-0.05, 0) is 60.8 Å². The van der Waals surface area contributed by atoms with E-state index in [0.29, 0.717) is 13.1 Å².